The summed E-state index contributed by atoms with van der Waals surface area (Å²) >= 11 is 0. The van der Waals surface area contributed by atoms with Gasteiger partial charge in [-0.2, -0.15) is 0 Å². The number of aliphatic hydroxyl groups is 1. The van der Waals surface area contributed by atoms with Crippen molar-refractivity contribution in [2.45, 2.75) is 18.6 Å². The largest absolute Gasteiger partial charge is 0.385 e. The Hall–Kier alpha value is -3.14. The Kier molecular flexibility index (Phi) is 4.76. The third-order valence-corrected chi connectivity index (χ3v) is 3.07. The molecule has 1 aromatic rings. The summed E-state index contributed by atoms with van der Waals surface area (Å²) in [5.74, 6) is -1.03. The Morgan fingerprint density at radius 3 is 2.87 bits per heavy atom. The minimum absolute atomic E-state index is 0.0385. The van der Waals surface area contributed by atoms with Crippen molar-refractivity contribution < 1.29 is 14.7 Å². The summed E-state index contributed by atoms with van der Waals surface area (Å²) in [4.78, 5) is 30.3. The monoisotopic (exact) mass is 319 g/mol. The molecule has 0 bridgehead atoms. The lowest BCUT2D eigenvalue weighted by molar-refractivity contribution is -0.117. The van der Waals surface area contributed by atoms with E-state index in [1.165, 1.54) is 24.5 Å². The van der Waals surface area contributed by atoms with Crippen LogP contribution in [0.2, 0.25) is 0 Å². The normalized spacial score (nSPS) is 20.3. The molecule has 0 spiro atoms. The second-order valence-electron chi connectivity index (χ2n) is 4.87. The first-order chi connectivity index (χ1) is 10.9. The third kappa shape index (κ3) is 4.17. The van der Waals surface area contributed by atoms with Crippen LogP contribution in [0.3, 0.4) is 0 Å². The van der Waals surface area contributed by atoms with Gasteiger partial charge in [0.1, 0.15) is 29.5 Å². The first kappa shape index (κ1) is 16.2. The van der Waals surface area contributed by atoms with Crippen molar-refractivity contribution in [3.63, 3.8) is 0 Å². The number of aliphatic hydroxyl groups excluding tert-OH is 1. The lowest BCUT2D eigenvalue weighted by Crippen LogP contribution is -2.27. The zero-order valence-corrected chi connectivity index (χ0v) is 12.0. The van der Waals surface area contributed by atoms with Crippen molar-refractivity contribution in [3.8, 4) is 0 Å². The number of aromatic amines is 1. The van der Waals surface area contributed by atoms with E-state index < -0.39 is 24.0 Å². The number of amides is 2. The molecule has 9 N–H and O–H groups in total. The first-order valence-electron chi connectivity index (χ1n) is 6.68. The first-order valence-corrected chi connectivity index (χ1v) is 6.68. The average Bonchev–Trinajstić information content (AvgIpc) is 3.06. The SMILES string of the molecule is N=C(N)C=CNC(=O)c1cc(NC(=O)[C@@H]2C[C@@H](O)C(N)=N2)c[nH]1. The molecular weight excluding hydrogens is 302 g/mol. The molecule has 1 aliphatic heterocycles. The van der Waals surface area contributed by atoms with Gasteiger partial charge < -0.3 is 32.2 Å². The molecule has 0 saturated carbocycles. The van der Waals surface area contributed by atoms with E-state index >= 15 is 0 Å². The fourth-order valence-electron chi connectivity index (χ4n) is 1.92. The quantitative estimate of drug-likeness (QED) is 0.260. The van der Waals surface area contributed by atoms with Crippen LogP contribution in [0.5, 0.6) is 0 Å². The van der Waals surface area contributed by atoms with E-state index in [-0.39, 0.29) is 23.8 Å². The predicted molar refractivity (Wildman–Crippen MR) is 84.0 cm³/mol. The summed E-state index contributed by atoms with van der Waals surface area (Å²) in [6.45, 7) is 0. The zero-order chi connectivity index (χ0) is 17.0. The number of H-pyrrole nitrogens is 1. The van der Waals surface area contributed by atoms with Crippen molar-refractivity contribution in [2.75, 3.05) is 5.32 Å². The van der Waals surface area contributed by atoms with Gasteiger partial charge in [-0.15, -0.1) is 0 Å². The molecule has 2 atom stereocenters. The van der Waals surface area contributed by atoms with E-state index in [1.54, 1.807) is 0 Å². The van der Waals surface area contributed by atoms with Gasteiger partial charge in [-0.05, 0) is 12.1 Å². The molecule has 122 valence electrons. The van der Waals surface area contributed by atoms with Crippen LogP contribution < -0.4 is 22.1 Å². The molecule has 23 heavy (non-hydrogen) atoms. The minimum Gasteiger partial charge on any atom is -0.385 e. The van der Waals surface area contributed by atoms with Crippen molar-refractivity contribution in [3.05, 3.63) is 30.2 Å². The maximum atomic E-state index is 12.0. The van der Waals surface area contributed by atoms with Crippen LogP contribution in [0.1, 0.15) is 16.9 Å². The molecule has 2 rings (SSSR count). The van der Waals surface area contributed by atoms with Crippen LogP contribution in [-0.4, -0.2) is 45.7 Å². The summed E-state index contributed by atoms with van der Waals surface area (Å²) in [6, 6.07) is 0.684. The highest BCUT2D eigenvalue weighted by Gasteiger charge is 2.30. The summed E-state index contributed by atoms with van der Waals surface area (Å²) in [6.07, 6.45) is 3.12. The number of amidine groups is 2. The van der Waals surface area contributed by atoms with Crippen molar-refractivity contribution >= 4 is 29.2 Å². The highest BCUT2D eigenvalue weighted by atomic mass is 16.3. The molecule has 0 aromatic carbocycles. The second kappa shape index (κ2) is 6.75. The molecule has 10 nitrogen and oxygen atoms in total. The van der Waals surface area contributed by atoms with Crippen LogP contribution in [0.15, 0.2) is 29.5 Å². The molecule has 0 unspecified atom stereocenters. The smallest absolute Gasteiger partial charge is 0.271 e. The van der Waals surface area contributed by atoms with E-state index in [1.807, 2.05) is 0 Å². The molecule has 0 aliphatic carbocycles. The molecule has 0 radical (unpaired) electrons. The van der Waals surface area contributed by atoms with E-state index in [0.29, 0.717) is 5.69 Å². The number of nitrogens with two attached hydrogens (primary N) is 2. The van der Waals surface area contributed by atoms with E-state index in [2.05, 4.69) is 20.6 Å². The van der Waals surface area contributed by atoms with Gasteiger partial charge in [-0.3, -0.25) is 20.0 Å². The molecule has 0 saturated heterocycles. The Labute approximate surface area is 131 Å². The lowest BCUT2D eigenvalue weighted by atomic mass is 10.1. The Morgan fingerprint density at radius 1 is 1.52 bits per heavy atom. The number of nitrogens with one attached hydrogen (secondary N) is 4. The number of aromatic nitrogens is 1. The van der Waals surface area contributed by atoms with Crippen LogP contribution in [0.25, 0.3) is 0 Å². The summed E-state index contributed by atoms with van der Waals surface area (Å²) in [5, 5.41) is 21.4. The molecule has 2 amide bonds. The molecule has 2 heterocycles. The van der Waals surface area contributed by atoms with Crippen LogP contribution in [-0.2, 0) is 4.79 Å². The van der Waals surface area contributed by atoms with Gasteiger partial charge in [0.15, 0.2) is 0 Å². The van der Waals surface area contributed by atoms with Gasteiger partial charge in [0.2, 0.25) is 5.91 Å². The minimum atomic E-state index is -0.911. The van der Waals surface area contributed by atoms with Gasteiger partial charge in [-0.25, -0.2) is 0 Å². The number of carbonyl (C=O) groups is 2. The summed E-state index contributed by atoms with van der Waals surface area (Å²) < 4.78 is 0. The predicted octanol–water partition coefficient (Wildman–Crippen LogP) is -1.38. The maximum Gasteiger partial charge on any atom is 0.271 e. The Bertz CT molecular complexity index is 691. The van der Waals surface area contributed by atoms with Crippen LogP contribution in [0.4, 0.5) is 5.69 Å². The van der Waals surface area contributed by atoms with E-state index in [4.69, 9.17) is 16.9 Å². The third-order valence-electron chi connectivity index (χ3n) is 3.07. The number of carbonyl (C=O) groups excluding carboxylic acids is 2. The maximum absolute atomic E-state index is 12.0. The number of aliphatic imine (C=N–C) groups is 1. The summed E-state index contributed by atoms with van der Waals surface area (Å²) in [7, 11) is 0. The van der Waals surface area contributed by atoms with Gasteiger partial charge in [0, 0.05) is 18.8 Å². The number of hydrogen-bond donors (Lipinski definition) is 7. The lowest BCUT2D eigenvalue weighted by Gasteiger charge is -2.06. The van der Waals surface area contributed by atoms with Gasteiger partial charge in [0.25, 0.3) is 5.91 Å². The zero-order valence-electron chi connectivity index (χ0n) is 12.0. The number of rotatable bonds is 5. The van der Waals surface area contributed by atoms with Gasteiger partial charge >= 0.3 is 0 Å². The molecule has 1 aromatic heterocycles. The van der Waals surface area contributed by atoms with Crippen LogP contribution >= 0.6 is 0 Å². The van der Waals surface area contributed by atoms with Crippen LogP contribution in [0, 0.1) is 5.41 Å². The summed E-state index contributed by atoms with van der Waals surface area (Å²) in [5.41, 5.74) is 11.1. The Morgan fingerprint density at radius 2 is 2.26 bits per heavy atom. The standard InChI is InChI=1S/C13H17N7O3/c14-10(15)1-2-17-12(22)7-3-6(5-18-7)19-13(23)8-4-9(21)11(16)20-8/h1-3,5,8-9,18,21H,4H2,(H3,14,15)(H2,16,20)(H,17,22)(H,19,23)/t8-,9+/m0/s1. The van der Waals surface area contributed by atoms with Crippen molar-refractivity contribution in [1.29, 1.82) is 5.41 Å². The molecule has 0 fully saturated rings. The number of anilines is 1. The Balaban J connectivity index is 1.93. The number of nitrogens with zero attached hydrogens (tertiary/aromatic N) is 1. The van der Waals surface area contributed by atoms with Crippen molar-refractivity contribution in [2.24, 2.45) is 16.5 Å². The van der Waals surface area contributed by atoms with Gasteiger partial charge in [-0.1, -0.05) is 0 Å². The molecule has 1 aliphatic rings. The fraction of sp³-hybridized carbons (Fsp3) is 0.231. The highest BCUT2D eigenvalue weighted by molar-refractivity contribution is 6.01. The van der Waals surface area contributed by atoms with E-state index in [9.17, 15) is 14.7 Å². The van der Waals surface area contributed by atoms with Crippen molar-refractivity contribution in [1.82, 2.24) is 10.3 Å². The molecule has 10 heteroatoms. The average molecular weight is 319 g/mol. The van der Waals surface area contributed by atoms with E-state index in [0.717, 1.165) is 0 Å². The highest BCUT2D eigenvalue weighted by Crippen LogP contribution is 2.16. The van der Waals surface area contributed by atoms with Gasteiger partial charge in [0.05, 0.1) is 5.69 Å². The molecular formula is C13H17N7O3. The second-order valence-corrected chi connectivity index (χ2v) is 4.87. The topological polar surface area (TPSA) is 182 Å². The number of hydrogen-bond acceptors (Lipinski definition) is 6. The fourth-order valence-corrected chi connectivity index (χ4v) is 1.92.